The summed E-state index contributed by atoms with van der Waals surface area (Å²) in [7, 11) is 0. The minimum absolute atomic E-state index is 0.469. The van der Waals surface area contributed by atoms with Gasteiger partial charge in [-0.3, -0.25) is 0 Å². The first-order valence-electron chi connectivity index (χ1n) is 8.25. The maximum Gasteiger partial charge on any atom is 0.0291 e. The molecule has 20 heavy (non-hydrogen) atoms. The van der Waals surface area contributed by atoms with E-state index < -0.39 is 0 Å². The molecule has 1 heteroatoms. The maximum atomic E-state index is 3.72. The summed E-state index contributed by atoms with van der Waals surface area (Å²) in [5, 5.41) is 3.72. The molecule has 0 aromatic heterocycles. The fourth-order valence-electron chi connectivity index (χ4n) is 3.44. The molecule has 0 radical (unpaired) electrons. The van der Waals surface area contributed by atoms with Gasteiger partial charge < -0.3 is 5.32 Å². The Morgan fingerprint density at radius 2 is 1.65 bits per heavy atom. The highest BCUT2D eigenvalue weighted by atomic mass is 14.9. The average Bonchev–Trinajstić information content (AvgIpc) is 2.45. The van der Waals surface area contributed by atoms with Crippen LogP contribution in [0.2, 0.25) is 0 Å². The first-order chi connectivity index (χ1) is 9.47. The van der Waals surface area contributed by atoms with Gasteiger partial charge in [-0.1, -0.05) is 51.1 Å². The standard InChI is InChI=1S/C19H31N/c1-15(17-8-6-5-7-9-17)20-14-16-10-12-18(13-11-16)19(2,3)4/h5-9,15-16,18,20H,10-14H2,1-4H3. The van der Waals surface area contributed by atoms with Crippen LogP contribution in [-0.2, 0) is 0 Å². The molecule has 0 heterocycles. The zero-order chi connectivity index (χ0) is 14.6. The number of benzene rings is 1. The SMILES string of the molecule is CC(NCC1CCC(C(C)(C)C)CC1)c1ccccc1. The first-order valence-corrected chi connectivity index (χ1v) is 8.25. The van der Waals surface area contributed by atoms with Gasteiger partial charge in [0.05, 0.1) is 0 Å². The van der Waals surface area contributed by atoms with Gasteiger partial charge in [-0.05, 0) is 62.0 Å². The van der Waals surface area contributed by atoms with Crippen LogP contribution in [0.4, 0.5) is 0 Å². The van der Waals surface area contributed by atoms with Crippen LogP contribution in [0.15, 0.2) is 30.3 Å². The molecular weight excluding hydrogens is 242 g/mol. The topological polar surface area (TPSA) is 12.0 Å². The third-order valence-electron chi connectivity index (χ3n) is 5.08. The molecule has 1 aliphatic rings. The Balaban J connectivity index is 1.74. The lowest BCUT2D eigenvalue weighted by Crippen LogP contribution is -2.31. The second-order valence-corrected chi connectivity index (χ2v) is 7.62. The largest absolute Gasteiger partial charge is 0.310 e. The monoisotopic (exact) mass is 273 g/mol. The highest BCUT2D eigenvalue weighted by Gasteiger charge is 2.29. The van der Waals surface area contributed by atoms with Crippen molar-refractivity contribution < 1.29 is 0 Å². The molecule has 112 valence electrons. The molecule has 0 aliphatic heterocycles. The van der Waals surface area contributed by atoms with Crippen LogP contribution in [0.25, 0.3) is 0 Å². The summed E-state index contributed by atoms with van der Waals surface area (Å²) in [6.07, 6.45) is 5.62. The van der Waals surface area contributed by atoms with Crippen molar-refractivity contribution in [2.45, 2.75) is 59.4 Å². The molecule has 1 aromatic carbocycles. The van der Waals surface area contributed by atoms with Gasteiger partial charge in [0.2, 0.25) is 0 Å². The maximum absolute atomic E-state index is 3.72. The van der Waals surface area contributed by atoms with Gasteiger partial charge in [0.1, 0.15) is 0 Å². The Morgan fingerprint density at radius 1 is 1.05 bits per heavy atom. The predicted molar refractivity (Wildman–Crippen MR) is 87.8 cm³/mol. The van der Waals surface area contributed by atoms with Crippen LogP contribution in [0.5, 0.6) is 0 Å². The quantitative estimate of drug-likeness (QED) is 0.796. The summed E-state index contributed by atoms with van der Waals surface area (Å²) in [5.41, 5.74) is 1.89. The normalized spacial score (nSPS) is 25.4. The van der Waals surface area contributed by atoms with Crippen molar-refractivity contribution in [2.24, 2.45) is 17.3 Å². The van der Waals surface area contributed by atoms with Gasteiger partial charge in [-0.25, -0.2) is 0 Å². The molecule has 1 saturated carbocycles. The fourth-order valence-corrected chi connectivity index (χ4v) is 3.44. The Bertz CT molecular complexity index is 382. The smallest absolute Gasteiger partial charge is 0.0291 e. The van der Waals surface area contributed by atoms with E-state index in [2.05, 4.69) is 63.3 Å². The van der Waals surface area contributed by atoms with Crippen molar-refractivity contribution in [2.75, 3.05) is 6.54 Å². The van der Waals surface area contributed by atoms with Crippen molar-refractivity contribution >= 4 is 0 Å². The molecule has 0 bridgehead atoms. The molecule has 1 fully saturated rings. The molecule has 2 rings (SSSR count). The van der Waals surface area contributed by atoms with Gasteiger partial charge in [0.15, 0.2) is 0 Å². The van der Waals surface area contributed by atoms with E-state index in [1.165, 1.54) is 37.8 Å². The Kier molecular flexibility index (Phi) is 5.26. The first kappa shape index (κ1) is 15.6. The second-order valence-electron chi connectivity index (χ2n) is 7.62. The van der Waals surface area contributed by atoms with E-state index in [1.807, 2.05) is 0 Å². The summed E-state index contributed by atoms with van der Waals surface area (Å²) in [4.78, 5) is 0. The molecule has 1 N–H and O–H groups in total. The van der Waals surface area contributed by atoms with Crippen LogP contribution in [-0.4, -0.2) is 6.54 Å². The number of rotatable bonds is 4. The van der Waals surface area contributed by atoms with Gasteiger partial charge in [-0.2, -0.15) is 0 Å². The Morgan fingerprint density at radius 3 is 2.20 bits per heavy atom. The molecule has 0 spiro atoms. The van der Waals surface area contributed by atoms with Gasteiger partial charge in [0, 0.05) is 6.04 Å². The van der Waals surface area contributed by atoms with Crippen LogP contribution >= 0.6 is 0 Å². The minimum atomic E-state index is 0.469. The molecule has 0 amide bonds. The van der Waals surface area contributed by atoms with Gasteiger partial charge in [0.25, 0.3) is 0 Å². The number of hydrogen-bond acceptors (Lipinski definition) is 1. The van der Waals surface area contributed by atoms with E-state index in [1.54, 1.807) is 0 Å². The van der Waals surface area contributed by atoms with E-state index in [4.69, 9.17) is 0 Å². The molecule has 1 unspecified atom stereocenters. The van der Waals surface area contributed by atoms with Crippen LogP contribution in [0.1, 0.15) is 65.0 Å². The van der Waals surface area contributed by atoms with Crippen molar-refractivity contribution in [3.63, 3.8) is 0 Å². The highest BCUT2D eigenvalue weighted by Crippen LogP contribution is 2.39. The molecule has 1 atom stereocenters. The van der Waals surface area contributed by atoms with E-state index >= 15 is 0 Å². The van der Waals surface area contributed by atoms with Crippen molar-refractivity contribution in [1.82, 2.24) is 5.32 Å². The molecule has 0 saturated heterocycles. The van der Waals surface area contributed by atoms with Crippen LogP contribution in [0.3, 0.4) is 0 Å². The van der Waals surface area contributed by atoms with Crippen LogP contribution < -0.4 is 5.32 Å². The lowest BCUT2D eigenvalue weighted by molar-refractivity contribution is 0.148. The van der Waals surface area contributed by atoms with E-state index in [9.17, 15) is 0 Å². The van der Waals surface area contributed by atoms with E-state index in [0.717, 1.165) is 11.8 Å². The third kappa shape index (κ3) is 4.34. The summed E-state index contributed by atoms with van der Waals surface area (Å²) in [6, 6.07) is 11.2. The number of hydrogen-bond donors (Lipinski definition) is 1. The van der Waals surface area contributed by atoms with Gasteiger partial charge in [-0.15, -0.1) is 0 Å². The van der Waals surface area contributed by atoms with Crippen molar-refractivity contribution in [1.29, 1.82) is 0 Å². The third-order valence-corrected chi connectivity index (χ3v) is 5.08. The molecule has 1 aliphatic carbocycles. The summed E-state index contributed by atoms with van der Waals surface area (Å²) >= 11 is 0. The van der Waals surface area contributed by atoms with Crippen molar-refractivity contribution in [3.05, 3.63) is 35.9 Å². The van der Waals surface area contributed by atoms with Crippen molar-refractivity contribution in [3.8, 4) is 0 Å². The zero-order valence-electron chi connectivity index (χ0n) is 13.7. The minimum Gasteiger partial charge on any atom is -0.310 e. The Hall–Kier alpha value is -0.820. The highest BCUT2D eigenvalue weighted by molar-refractivity contribution is 5.17. The number of nitrogens with one attached hydrogen (secondary N) is 1. The summed E-state index contributed by atoms with van der Waals surface area (Å²) < 4.78 is 0. The fraction of sp³-hybridized carbons (Fsp3) is 0.684. The average molecular weight is 273 g/mol. The van der Waals surface area contributed by atoms with Crippen LogP contribution in [0, 0.1) is 17.3 Å². The molecular formula is C19H31N. The van der Waals surface area contributed by atoms with E-state index in [0.29, 0.717) is 11.5 Å². The molecule has 1 nitrogen and oxygen atoms in total. The van der Waals surface area contributed by atoms with E-state index in [-0.39, 0.29) is 0 Å². The molecule has 1 aromatic rings. The predicted octanol–water partition coefficient (Wildman–Crippen LogP) is 5.19. The lowest BCUT2D eigenvalue weighted by atomic mass is 9.70. The van der Waals surface area contributed by atoms with Gasteiger partial charge >= 0.3 is 0 Å². The zero-order valence-corrected chi connectivity index (χ0v) is 13.7. The summed E-state index contributed by atoms with van der Waals surface area (Å²) in [6.45, 7) is 10.6. The lowest BCUT2D eigenvalue weighted by Gasteiger charge is -2.37. The summed E-state index contributed by atoms with van der Waals surface area (Å²) in [5.74, 6) is 1.80. The Labute approximate surface area is 125 Å². The second kappa shape index (κ2) is 6.76.